The van der Waals surface area contributed by atoms with Crippen LogP contribution in [0.25, 0.3) is 16.9 Å². The highest BCUT2D eigenvalue weighted by Crippen LogP contribution is 2.41. The van der Waals surface area contributed by atoms with Gasteiger partial charge in [-0.2, -0.15) is 10.4 Å². The number of urea groups is 1. The van der Waals surface area contributed by atoms with Crippen LogP contribution >= 0.6 is 11.6 Å². The number of nitrogens with zero attached hydrogens (tertiary/aromatic N) is 3. The zero-order valence-corrected chi connectivity index (χ0v) is 18.7. The van der Waals surface area contributed by atoms with Gasteiger partial charge in [-0.3, -0.25) is 0 Å². The van der Waals surface area contributed by atoms with Crippen LogP contribution in [0.5, 0.6) is 5.75 Å². The maximum atomic E-state index is 12.5. The van der Waals surface area contributed by atoms with Crippen molar-refractivity contribution in [3.8, 4) is 28.8 Å². The minimum atomic E-state index is -0.313. The number of amides is 2. The summed E-state index contributed by atoms with van der Waals surface area (Å²) < 4.78 is 7.92. The number of para-hydroxylation sites is 1. The first-order valence-corrected chi connectivity index (χ1v) is 10.9. The van der Waals surface area contributed by atoms with Crippen molar-refractivity contribution in [1.29, 1.82) is 5.26 Å². The normalized spacial score (nSPS) is 15.3. The van der Waals surface area contributed by atoms with Crippen molar-refractivity contribution in [2.75, 3.05) is 6.61 Å². The van der Waals surface area contributed by atoms with Crippen LogP contribution in [-0.4, -0.2) is 28.5 Å². The van der Waals surface area contributed by atoms with Crippen molar-refractivity contribution < 1.29 is 9.53 Å². The molecule has 2 aromatic carbocycles. The minimum absolute atomic E-state index is 0.0198. The first-order valence-electron chi connectivity index (χ1n) is 10.6. The summed E-state index contributed by atoms with van der Waals surface area (Å²) in [5.41, 5.74) is 3.49. The van der Waals surface area contributed by atoms with Gasteiger partial charge in [0.05, 0.1) is 35.0 Å². The predicted molar refractivity (Wildman–Crippen MR) is 123 cm³/mol. The Bertz CT molecular complexity index is 1160. The Morgan fingerprint density at radius 3 is 2.69 bits per heavy atom. The second-order valence-electron chi connectivity index (χ2n) is 7.93. The van der Waals surface area contributed by atoms with Gasteiger partial charge in [-0.1, -0.05) is 35.9 Å². The lowest BCUT2D eigenvalue weighted by Crippen LogP contribution is -2.41. The molecule has 0 fully saturated rings. The Labute approximate surface area is 192 Å². The second-order valence-corrected chi connectivity index (χ2v) is 8.34. The Morgan fingerprint density at radius 2 is 2.00 bits per heavy atom. The van der Waals surface area contributed by atoms with Crippen LogP contribution in [0.1, 0.15) is 44.0 Å². The van der Waals surface area contributed by atoms with Gasteiger partial charge in [0.15, 0.2) is 5.75 Å². The summed E-state index contributed by atoms with van der Waals surface area (Å²) >= 11 is 6.52. The van der Waals surface area contributed by atoms with Crippen LogP contribution in [0.2, 0.25) is 5.02 Å². The monoisotopic (exact) mass is 449 g/mol. The van der Waals surface area contributed by atoms with Gasteiger partial charge in [0, 0.05) is 11.6 Å². The number of halogens is 1. The van der Waals surface area contributed by atoms with E-state index in [0.29, 0.717) is 40.7 Å². The van der Waals surface area contributed by atoms with Gasteiger partial charge in [0.1, 0.15) is 11.4 Å². The number of hydrogen-bond donors (Lipinski definition) is 2. The van der Waals surface area contributed by atoms with Gasteiger partial charge < -0.3 is 15.4 Å². The molecule has 0 spiro atoms. The molecule has 8 heteroatoms. The van der Waals surface area contributed by atoms with Crippen molar-refractivity contribution in [2.24, 2.45) is 0 Å². The zero-order valence-electron chi connectivity index (χ0n) is 17.9. The van der Waals surface area contributed by atoms with Gasteiger partial charge in [0.2, 0.25) is 0 Å². The van der Waals surface area contributed by atoms with Crippen LogP contribution < -0.4 is 15.4 Å². The first-order chi connectivity index (χ1) is 15.5. The second kappa shape index (κ2) is 9.33. The van der Waals surface area contributed by atoms with E-state index < -0.39 is 0 Å². The highest BCUT2D eigenvalue weighted by atomic mass is 35.5. The predicted octanol–water partition coefficient (Wildman–Crippen LogP) is 4.99. The molecular weight excluding hydrogens is 426 g/mol. The van der Waals surface area contributed by atoms with E-state index in [4.69, 9.17) is 21.4 Å². The van der Waals surface area contributed by atoms with E-state index in [1.807, 2.05) is 44.2 Å². The number of nitriles is 1. The third-order valence-electron chi connectivity index (χ3n) is 5.17. The topological polar surface area (TPSA) is 92.0 Å². The molecular formula is C24H24ClN5O2. The number of carbonyl (C=O) groups excluding carboxylic acids is 1. The zero-order chi connectivity index (χ0) is 22.7. The lowest BCUT2D eigenvalue weighted by atomic mass is 10.0. The largest absolute Gasteiger partial charge is 0.489 e. The van der Waals surface area contributed by atoms with Crippen molar-refractivity contribution in [3.63, 3.8) is 0 Å². The molecule has 4 rings (SSSR count). The van der Waals surface area contributed by atoms with Crippen molar-refractivity contribution >= 4 is 17.6 Å². The molecule has 2 N–H and O–H groups in total. The van der Waals surface area contributed by atoms with Crippen LogP contribution in [0.3, 0.4) is 0 Å². The molecule has 1 unspecified atom stereocenters. The van der Waals surface area contributed by atoms with Crippen molar-refractivity contribution in [3.05, 3.63) is 64.8 Å². The quantitative estimate of drug-likeness (QED) is 0.587. The fourth-order valence-electron chi connectivity index (χ4n) is 3.75. The van der Waals surface area contributed by atoms with Gasteiger partial charge in [0.25, 0.3) is 0 Å². The molecule has 164 valence electrons. The summed E-state index contributed by atoms with van der Waals surface area (Å²) in [7, 11) is 0. The van der Waals surface area contributed by atoms with Crippen LogP contribution in [0.4, 0.5) is 4.79 Å². The number of ether oxygens (including phenoxy) is 1. The summed E-state index contributed by atoms with van der Waals surface area (Å²) in [5, 5.41) is 20.5. The molecule has 0 saturated heterocycles. The van der Waals surface area contributed by atoms with E-state index in [0.717, 1.165) is 17.7 Å². The molecule has 2 amide bonds. The molecule has 0 radical (unpaired) electrons. The maximum absolute atomic E-state index is 12.5. The number of benzene rings is 2. The molecule has 32 heavy (non-hydrogen) atoms. The Morgan fingerprint density at radius 1 is 1.25 bits per heavy atom. The number of nitrogens with one attached hydrogen (secondary N) is 2. The van der Waals surface area contributed by atoms with E-state index in [1.165, 1.54) is 0 Å². The lowest BCUT2D eigenvalue weighted by molar-refractivity contribution is 0.233. The molecule has 1 atom stereocenters. The fraction of sp³-hybridized carbons (Fsp3) is 0.292. The fourth-order valence-corrected chi connectivity index (χ4v) is 3.96. The molecule has 1 aliphatic rings. The summed E-state index contributed by atoms with van der Waals surface area (Å²) in [5.74, 6) is 0.613. The molecule has 0 aliphatic carbocycles. The van der Waals surface area contributed by atoms with Gasteiger partial charge in [-0.25, -0.2) is 9.48 Å². The smallest absolute Gasteiger partial charge is 0.315 e. The Kier molecular flexibility index (Phi) is 6.33. The minimum Gasteiger partial charge on any atom is -0.489 e. The van der Waals surface area contributed by atoms with Gasteiger partial charge in [-0.05, 0) is 51.0 Å². The van der Waals surface area contributed by atoms with E-state index in [-0.39, 0.29) is 18.1 Å². The summed E-state index contributed by atoms with van der Waals surface area (Å²) in [6.07, 6.45) is 1.48. The van der Waals surface area contributed by atoms with E-state index in [1.54, 1.807) is 22.9 Å². The van der Waals surface area contributed by atoms with Crippen molar-refractivity contribution in [1.82, 2.24) is 20.4 Å². The lowest BCUT2D eigenvalue weighted by Gasteiger charge is -2.17. The summed E-state index contributed by atoms with van der Waals surface area (Å²) in [4.78, 5) is 12.5. The highest BCUT2D eigenvalue weighted by molar-refractivity contribution is 6.32. The number of hydrogen-bond acceptors (Lipinski definition) is 4. The standard InChI is InChI=1S/C24H24ClN5O2/c1-15(2)27-24(31)28-19-7-5-13-32-23-21(19)29-30(20-8-4-3-6-18(20)25)22(23)17-11-9-16(14-26)10-12-17/h3-4,6,8-12,15,19H,5,7,13H2,1-2H3,(H2,27,28,31). The first kappa shape index (κ1) is 21.7. The SMILES string of the molecule is CC(C)NC(=O)NC1CCCOc2c1nn(-c1ccccc1Cl)c2-c1ccc(C#N)cc1. The molecule has 0 saturated carbocycles. The molecule has 0 bridgehead atoms. The van der Waals surface area contributed by atoms with Crippen molar-refractivity contribution in [2.45, 2.75) is 38.8 Å². The summed E-state index contributed by atoms with van der Waals surface area (Å²) in [6, 6.07) is 16.3. The van der Waals surface area contributed by atoms with Crippen LogP contribution in [0, 0.1) is 11.3 Å². The number of rotatable bonds is 4. The van der Waals surface area contributed by atoms with E-state index >= 15 is 0 Å². The molecule has 2 heterocycles. The van der Waals surface area contributed by atoms with Gasteiger partial charge in [-0.15, -0.1) is 0 Å². The maximum Gasteiger partial charge on any atom is 0.315 e. The molecule has 1 aromatic heterocycles. The Balaban J connectivity index is 1.87. The van der Waals surface area contributed by atoms with Gasteiger partial charge >= 0.3 is 6.03 Å². The Hall–Kier alpha value is -3.50. The number of fused-ring (bicyclic) bond motifs is 1. The third kappa shape index (κ3) is 4.41. The van der Waals surface area contributed by atoms with Crippen LogP contribution in [-0.2, 0) is 0 Å². The number of carbonyl (C=O) groups is 1. The average molecular weight is 450 g/mol. The average Bonchev–Trinajstić information content (AvgIpc) is 3.04. The van der Waals surface area contributed by atoms with E-state index in [9.17, 15) is 10.1 Å². The number of aromatic nitrogens is 2. The molecule has 1 aliphatic heterocycles. The third-order valence-corrected chi connectivity index (χ3v) is 5.49. The molecule has 7 nitrogen and oxygen atoms in total. The highest BCUT2D eigenvalue weighted by Gasteiger charge is 2.31. The van der Waals surface area contributed by atoms with Crippen LogP contribution in [0.15, 0.2) is 48.5 Å². The molecule has 3 aromatic rings. The summed E-state index contributed by atoms with van der Waals surface area (Å²) in [6.45, 7) is 4.33. The van der Waals surface area contributed by atoms with E-state index in [2.05, 4.69) is 16.7 Å².